The summed E-state index contributed by atoms with van der Waals surface area (Å²) in [6, 6.07) is 8.38. The average Bonchev–Trinajstić information content (AvgIpc) is 3.04. The molecule has 0 aliphatic heterocycles. The summed E-state index contributed by atoms with van der Waals surface area (Å²) >= 11 is 5.31. The van der Waals surface area contributed by atoms with Crippen LogP contribution in [-0.4, -0.2) is 21.6 Å². The normalized spacial score (nSPS) is 11.7. The van der Waals surface area contributed by atoms with Crippen molar-refractivity contribution < 1.29 is 26.7 Å². The molecule has 0 spiro atoms. The third-order valence-corrected chi connectivity index (χ3v) is 4.63. The Morgan fingerprint density at radius 3 is 2.34 bits per heavy atom. The lowest BCUT2D eigenvalue weighted by molar-refractivity contribution is 0.0119. The first-order chi connectivity index (χ1) is 13.6. The number of primary amides is 1. The fraction of sp³-hybridized carbons (Fsp3) is 0.158. The van der Waals surface area contributed by atoms with Crippen LogP contribution in [0, 0.1) is 17.5 Å². The van der Waals surface area contributed by atoms with E-state index in [0.717, 1.165) is 7.05 Å². The maximum Gasteiger partial charge on any atom is 0.303 e. The number of rotatable bonds is 5. The van der Waals surface area contributed by atoms with Crippen LogP contribution in [0.3, 0.4) is 0 Å². The van der Waals surface area contributed by atoms with E-state index in [1.807, 2.05) is 0 Å². The number of carbonyl (C=O) groups excluding carboxylic acids is 1. The zero-order chi connectivity index (χ0) is 21.5. The van der Waals surface area contributed by atoms with Gasteiger partial charge in [-0.05, 0) is 17.2 Å². The van der Waals surface area contributed by atoms with Gasteiger partial charge in [0.25, 0.3) is 5.91 Å². The van der Waals surface area contributed by atoms with Crippen molar-refractivity contribution in [2.45, 2.75) is 5.92 Å². The Balaban J connectivity index is 2.46. The highest BCUT2D eigenvalue weighted by atomic mass is 35.5. The predicted molar refractivity (Wildman–Crippen MR) is 97.1 cm³/mol. The Morgan fingerprint density at radius 1 is 1.17 bits per heavy atom. The summed E-state index contributed by atoms with van der Waals surface area (Å²) < 4.78 is 72.1. The molecular formula is C19H13ClF5N3O. The smallest absolute Gasteiger partial charge is 0.303 e. The van der Waals surface area contributed by atoms with Crippen molar-refractivity contribution >= 4 is 17.5 Å². The molecule has 2 aromatic carbocycles. The Labute approximate surface area is 166 Å². The number of aryl methyl sites for hydroxylation is 1. The zero-order valence-corrected chi connectivity index (χ0v) is 15.6. The van der Waals surface area contributed by atoms with Crippen LogP contribution in [0.25, 0.3) is 22.4 Å². The molecular weight excluding hydrogens is 417 g/mol. The van der Waals surface area contributed by atoms with E-state index >= 15 is 0 Å². The monoisotopic (exact) mass is 429 g/mol. The Hall–Kier alpha value is -2.94. The molecule has 0 saturated carbocycles. The molecule has 4 nitrogen and oxygen atoms in total. The molecule has 0 aliphatic rings. The standard InChI is InChI=1S/C19H13ClF5N3O/c1-28-17(19(24,25)8-20)13(18(26)29)16(27-28)12-10(9-5-3-2-4-6-9)7-11(21)14(22)15(12)23/h2-7H,8H2,1H3,(H2,26,29). The fourth-order valence-electron chi connectivity index (χ4n) is 3.09. The van der Waals surface area contributed by atoms with Gasteiger partial charge in [-0.1, -0.05) is 30.3 Å². The number of alkyl halides is 3. The maximum absolute atomic E-state index is 14.8. The topological polar surface area (TPSA) is 60.9 Å². The summed E-state index contributed by atoms with van der Waals surface area (Å²) in [4.78, 5) is 12.0. The summed E-state index contributed by atoms with van der Waals surface area (Å²) in [7, 11) is 1.08. The molecule has 1 heterocycles. The number of amides is 1. The van der Waals surface area contributed by atoms with Crippen LogP contribution in [0.4, 0.5) is 22.0 Å². The molecule has 0 bridgehead atoms. The molecule has 0 radical (unpaired) electrons. The van der Waals surface area contributed by atoms with E-state index in [9.17, 15) is 26.7 Å². The van der Waals surface area contributed by atoms with Crippen molar-refractivity contribution in [3.8, 4) is 22.4 Å². The minimum absolute atomic E-state index is 0.191. The van der Waals surface area contributed by atoms with E-state index < -0.39 is 57.7 Å². The third-order valence-electron chi connectivity index (χ3n) is 4.29. The second kappa shape index (κ2) is 7.47. The zero-order valence-electron chi connectivity index (χ0n) is 14.8. The number of nitrogens with two attached hydrogens (primary N) is 1. The van der Waals surface area contributed by atoms with E-state index in [2.05, 4.69) is 5.10 Å². The van der Waals surface area contributed by atoms with Gasteiger partial charge >= 0.3 is 5.92 Å². The molecule has 0 unspecified atom stereocenters. The van der Waals surface area contributed by atoms with E-state index in [4.69, 9.17) is 17.3 Å². The molecule has 0 fully saturated rings. The molecule has 3 aromatic rings. The van der Waals surface area contributed by atoms with Gasteiger partial charge in [0.1, 0.15) is 11.4 Å². The summed E-state index contributed by atoms with van der Waals surface area (Å²) in [6.45, 7) is 0. The lowest BCUT2D eigenvalue weighted by Crippen LogP contribution is -2.25. The van der Waals surface area contributed by atoms with Crippen molar-refractivity contribution in [1.82, 2.24) is 9.78 Å². The van der Waals surface area contributed by atoms with Gasteiger partial charge in [-0.15, -0.1) is 11.6 Å². The first-order valence-corrected chi connectivity index (χ1v) is 8.68. The molecule has 1 aromatic heterocycles. The highest BCUT2D eigenvalue weighted by molar-refractivity contribution is 6.18. The van der Waals surface area contributed by atoms with Gasteiger partial charge in [0.2, 0.25) is 0 Å². The van der Waals surface area contributed by atoms with Gasteiger partial charge in [0.05, 0.1) is 11.4 Å². The molecule has 1 amide bonds. The third kappa shape index (κ3) is 3.46. The Bertz CT molecular complexity index is 1100. The molecule has 2 N–H and O–H groups in total. The number of hydrogen-bond acceptors (Lipinski definition) is 2. The lowest BCUT2D eigenvalue weighted by atomic mass is 9.93. The van der Waals surface area contributed by atoms with Gasteiger partial charge in [0, 0.05) is 12.6 Å². The number of nitrogens with zero attached hydrogens (tertiary/aromatic N) is 2. The second-order valence-corrected chi connectivity index (χ2v) is 6.44. The molecule has 0 saturated heterocycles. The van der Waals surface area contributed by atoms with Gasteiger partial charge < -0.3 is 5.73 Å². The number of aromatic nitrogens is 2. The largest absolute Gasteiger partial charge is 0.365 e. The molecule has 0 aliphatic carbocycles. The van der Waals surface area contributed by atoms with Crippen LogP contribution in [0.15, 0.2) is 36.4 Å². The first kappa shape index (κ1) is 20.8. The SMILES string of the molecule is Cn1nc(-c2c(-c3ccccc3)cc(F)c(F)c2F)c(C(N)=O)c1C(F)(F)CCl. The van der Waals surface area contributed by atoms with E-state index in [0.29, 0.717) is 10.7 Å². The molecule has 29 heavy (non-hydrogen) atoms. The quantitative estimate of drug-likeness (QED) is 0.366. The molecule has 152 valence electrons. The van der Waals surface area contributed by atoms with Crippen molar-refractivity contribution in [1.29, 1.82) is 0 Å². The van der Waals surface area contributed by atoms with Crippen LogP contribution in [-0.2, 0) is 13.0 Å². The Morgan fingerprint density at radius 2 is 1.79 bits per heavy atom. The summed E-state index contributed by atoms with van der Waals surface area (Å²) in [5.74, 6) is -11.3. The van der Waals surface area contributed by atoms with Crippen LogP contribution in [0.2, 0.25) is 0 Å². The number of hydrogen-bond donors (Lipinski definition) is 1. The van der Waals surface area contributed by atoms with Gasteiger partial charge in [-0.25, -0.2) is 13.2 Å². The average molecular weight is 430 g/mol. The predicted octanol–water partition coefficient (Wildman–Crippen LogP) is 4.60. The summed E-state index contributed by atoms with van der Waals surface area (Å²) in [5.41, 5.74) is 2.21. The summed E-state index contributed by atoms with van der Waals surface area (Å²) in [6.07, 6.45) is 0. The van der Waals surface area contributed by atoms with Crippen LogP contribution < -0.4 is 5.73 Å². The van der Waals surface area contributed by atoms with E-state index in [1.165, 1.54) is 12.1 Å². The highest BCUT2D eigenvalue weighted by Gasteiger charge is 2.41. The number of carbonyl (C=O) groups is 1. The maximum atomic E-state index is 14.8. The molecule has 10 heteroatoms. The Kier molecular flexibility index (Phi) is 5.36. The fourth-order valence-corrected chi connectivity index (χ4v) is 3.21. The summed E-state index contributed by atoms with van der Waals surface area (Å²) in [5, 5.41) is 3.78. The highest BCUT2D eigenvalue weighted by Crippen LogP contribution is 2.41. The number of benzene rings is 2. The minimum atomic E-state index is -3.74. The van der Waals surface area contributed by atoms with Crippen LogP contribution in [0.1, 0.15) is 16.1 Å². The lowest BCUT2D eigenvalue weighted by Gasteiger charge is -2.15. The van der Waals surface area contributed by atoms with Crippen molar-refractivity contribution in [3.05, 3.63) is 65.1 Å². The van der Waals surface area contributed by atoms with Crippen molar-refractivity contribution in [2.24, 2.45) is 12.8 Å². The van der Waals surface area contributed by atoms with Gasteiger partial charge in [-0.2, -0.15) is 13.9 Å². The van der Waals surface area contributed by atoms with Crippen molar-refractivity contribution in [3.63, 3.8) is 0 Å². The minimum Gasteiger partial charge on any atom is -0.365 e. The molecule has 0 atom stereocenters. The molecule has 3 rings (SSSR count). The van der Waals surface area contributed by atoms with Gasteiger partial charge in [-0.3, -0.25) is 9.48 Å². The van der Waals surface area contributed by atoms with E-state index in [-0.39, 0.29) is 11.1 Å². The van der Waals surface area contributed by atoms with Gasteiger partial charge in [0.15, 0.2) is 17.5 Å². The van der Waals surface area contributed by atoms with Crippen LogP contribution in [0.5, 0.6) is 0 Å². The van der Waals surface area contributed by atoms with Crippen LogP contribution >= 0.6 is 11.6 Å². The van der Waals surface area contributed by atoms with E-state index in [1.54, 1.807) is 18.2 Å². The van der Waals surface area contributed by atoms with Crippen molar-refractivity contribution in [2.75, 3.05) is 5.88 Å². The number of halogens is 6. The first-order valence-electron chi connectivity index (χ1n) is 8.14. The second-order valence-electron chi connectivity index (χ2n) is 6.17.